The number of aromatic nitrogens is 14. The fourth-order valence-electron chi connectivity index (χ4n) is 22.3. The molecule has 0 unspecified atom stereocenters. The minimum Gasteiger partial charge on any atom is -0.397 e. The van der Waals surface area contributed by atoms with Crippen molar-refractivity contribution in [3.8, 4) is 0 Å². The molecule has 20 rings (SSSR count). The lowest BCUT2D eigenvalue weighted by atomic mass is 9.71. The van der Waals surface area contributed by atoms with Crippen molar-refractivity contribution in [3.63, 3.8) is 0 Å². The number of hydrogen-bond donors (Lipinski definition) is 7. The molecule has 5 atom stereocenters. The highest BCUT2D eigenvalue weighted by Crippen LogP contribution is 2.57. The summed E-state index contributed by atoms with van der Waals surface area (Å²) in [4.78, 5) is 77.5. The van der Waals surface area contributed by atoms with Crippen LogP contribution in [0.5, 0.6) is 0 Å². The van der Waals surface area contributed by atoms with Crippen molar-refractivity contribution in [1.29, 1.82) is 0 Å². The Kier molecular flexibility index (Phi) is 32.2. The smallest absolute Gasteiger partial charge is 0.158 e. The molecule has 5 spiro atoms. The Morgan fingerprint density at radius 2 is 0.564 bits per heavy atom. The van der Waals surface area contributed by atoms with Gasteiger partial charge in [-0.25, -0.2) is 64.8 Å². The molecule has 0 radical (unpaired) electrons. The van der Waals surface area contributed by atoms with Crippen LogP contribution in [-0.4, -0.2) is 135 Å². The topological polar surface area (TPSA) is 379 Å². The van der Waals surface area contributed by atoms with Crippen LogP contribution in [0.3, 0.4) is 0 Å². The molecule has 10 fully saturated rings. The fourth-order valence-corrected chi connectivity index (χ4v) is 27.5. The molecule has 10 aliphatic rings. The second-order valence-corrected chi connectivity index (χ2v) is 45.4. The highest BCUT2D eigenvalue weighted by atomic mass is 35.5. The van der Waals surface area contributed by atoms with E-state index in [0.717, 1.165) is 149 Å². The van der Waals surface area contributed by atoms with Gasteiger partial charge in [-0.2, -0.15) is 0 Å². The fraction of sp³-hybridized carbons (Fsp3) is 0.521. The predicted octanol–water partition coefficient (Wildman–Crippen LogP) is 23.7. The first-order valence-corrected chi connectivity index (χ1v) is 53.2. The summed E-state index contributed by atoms with van der Waals surface area (Å²) in [6, 6.07) is 14.8. The molecule has 37 heteroatoms. The van der Waals surface area contributed by atoms with Gasteiger partial charge in [0.05, 0.1) is 61.7 Å². The van der Waals surface area contributed by atoms with Crippen molar-refractivity contribution in [1.82, 2.24) is 69.8 Å². The number of anilines is 12. The van der Waals surface area contributed by atoms with Crippen molar-refractivity contribution < 1.29 is 0 Å². The monoisotopic (exact) mass is 2010 g/mol. The van der Waals surface area contributed by atoms with E-state index in [9.17, 15) is 0 Å². The molecule has 14 heterocycles. The van der Waals surface area contributed by atoms with Gasteiger partial charge in [-0.15, -0.1) is 0 Å². The normalized spacial score (nSPS) is 21.9. The molecule has 0 amide bonds. The second-order valence-electron chi connectivity index (χ2n) is 38.0. The van der Waals surface area contributed by atoms with Crippen LogP contribution in [0.15, 0.2) is 160 Å². The maximum absolute atomic E-state index is 6.28. The maximum atomic E-state index is 6.28. The molecule has 9 aromatic heterocycles. The van der Waals surface area contributed by atoms with Crippen LogP contribution in [0.25, 0.3) is 0 Å². The number of piperidine rings is 5. The third-order valence-corrected chi connectivity index (χ3v) is 39.2. The van der Waals surface area contributed by atoms with E-state index in [1.165, 1.54) is 219 Å². The molecule has 5 aliphatic heterocycles. The SMILES string of the molecule is C[C@@H]1CCCC12CCN(c1cnc(Sc3cccc(N)c3Cl)c(N)n1)CC2.C[C@@H]1CCCC12CCN(c1cnc(Sc3cccnc3Cl)c(N)n1)CC2.C[C@@H]1CCCC12CCN(c1cnc(Sc3ccnc(Cl)c3Cl)c(N)n1)CC2.C[C@@H]1CCCC12CCN(c1cnc(Sc3ccnc(N)c3Cl)c(N)n1)CC2.C[C@@H]1CCCC12CCN(c1cnc(Sc3ccncc3Cl)c(N)n1)CC2. The van der Waals surface area contributed by atoms with Gasteiger partial charge < -0.3 is 64.6 Å². The van der Waals surface area contributed by atoms with E-state index in [0.29, 0.717) is 118 Å². The molecule has 133 heavy (non-hydrogen) atoms. The molecule has 26 nitrogen and oxygen atoms in total. The van der Waals surface area contributed by atoms with Crippen LogP contribution in [0.4, 0.5) is 69.7 Å². The molecule has 10 aromatic rings. The highest BCUT2D eigenvalue weighted by Gasteiger charge is 2.48. The van der Waals surface area contributed by atoms with Gasteiger partial charge >= 0.3 is 0 Å². The van der Waals surface area contributed by atoms with E-state index >= 15 is 0 Å². The number of pyridine rings is 4. The van der Waals surface area contributed by atoms with Gasteiger partial charge in [0.2, 0.25) is 0 Å². The number of hydrogen-bond acceptors (Lipinski definition) is 31. The Balaban J connectivity index is 0.000000121. The largest absolute Gasteiger partial charge is 0.397 e. The summed E-state index contributed by atoms with van der Waals surface area (Å²) < 4.78 is 0. The lowest BCUT2D eigenvalue weighted by Gasteiger charge is -2.42. The lowest BCUT2D eigenvalue weighted by Crippen LogP contribution is -2.41. The quantitative estimate of drug-likeness (QED) is 0.0370. The summed E-state index contributed by atoms with van der Waals surface area (Å²) in [7, 11) is 0. The lowest BCUT2D eigenvalue weighted by molar-refractivity contribution is 0.161. The van der Waals surface area contributed by atoms with E-state index in [-0.39, 0.29) is 5.15 Å². The predicted molar refractivity (Wildman–Crippen MR) is 550 cm³/mol. The Morgan fingerprint density at radius 1 is 0.278 bits per heavy atom. The van der Waals surface area contributed by atoms with Gasteiger partial charge in [-0.05, 0) is 195 Å². The summed E-state index contributed by atoms with van der Waals surface area (Å²) >= 11 is 43.9. The van der Waals surface area contributed by atoms with E-state index < -0.39 is 0 Å². The van der Waals surface area contributed by atoms with Crippen molar-refractivity contribution in [2.24, 2.45) is 56.7 Å². The third kappa shape index (κ3) is 22.7. The third-order valence-electron chi connectivity index (χ3n) is 31.1. The number of rotatable bonds is 15. The Hall–Kier alpha value is -7.69. The average Bonchev–Trinajstić information content (AvgIpc) is 1.72. The summed E-state index contributed by atoms with van der Waals surface area (Å²) in [5, 5.41) is 5.93. The second kappa shape index (κ2) is 43.6. The molecule has 5 saturated carbocycles. The van der Waals surface area contributed by atoms with E-state index in [1.807, 2.05) is 61.3 Å². The number of nitrogens with two attached hydrogens (primary N) is 7. The van der Waals surface area contributed by atoms with Gasteiger partial charge in [0.1, 0.15) is 70.3 Å². The van der Waals surface area contributed by atoms with Crippen molar-refractivity contribution in [2.45, 2.75) is 245 Å². The standard InChI is InChI=1S/C20H26ClN5S.C19H23Cl2N5S.C19H25ClN6S.2C19H24ClN5S/c1-13-4-3-7-20(13)8-10-26(11-9-20)16-12-24-19(18(23)25-16)27-15-6-2-5-14(22)17(15)21;2*1-12-3-2-5-19(12)6-9-26(10-7-19)14-11-24-18(17(22)25-14)27-13-4-8-23-16(21)15(13)20;1-13-4-2-6-19(13)7-10-25(11-8-19)15-12-23-18(17(21)24-15)26-14-5-3-9-22-16(14)20;1-13-3-2-5-19(13)6-9-25(10-7-19)16-12-23-18(17(21)24-16)26-15-4-8-22-11-14(15)20/h2,5-6,12-13H,3-4,7-11,22H2,1H3,(H2,23,25);4,8,11-12H,2-3,5-7,9-10H2,1H3,(H2,22,25);4,8,11-12H,2-3,5-7,9-10H2,1H3,(H2,21,23)(H2,22,25);3,5,9,12-13H,2,4,6-8,10-11H2,1H3,(H2,21,24);4,8,11-13H,2-3,5-7,9-10H2,1H3,(H2,21,24)/t13-;2*12-;2*13-/m11111/s1. The first-order valence-electron chi connectivity index (χ1n) is 46.8. The van der Waals surface area contributed by atoms with Crippen LogP contribution in [0.1, 0.15) is 195 Å². The minimum atomic E-state index is 0.271. The minimum absolute atomic E-state index is 0.271. The molecule has 0 bridgehead atoms. The average molecular weight is 2010 g/mol. The molecule has 14 N–H and O–H groups in total. The zero-order chi connectivity index (χ0) is 93.4. The molecule has 5 aliphatic carbocycles. The molecular weight excluding hydrogens is 1890 g/mol. The van der Waals surface area contributed by atoms with Crippen LogP contribution in [0, 0.1) is 56.7 Å². The summed E-state index contributed by atoms with van der Waals surface area (Å²) in [6.45, 7) is 22.5. The van der Waals surface area contributed by atoms with E-state index in [2.05, 4.69) is 129 Å². The Labute approximate surface area is 833 Å². The van der Waals surface area contributed by atoms with Crippen molar-refractivity contribution in [3.05, 3.63) is 141 Å². The first kappa shape index (κ1) is 98.4. The summed E-state index contributed by atoms with van der Waals surface area (Å²) in [5.41, 5.74) is 45.9. The Bertz CT molecular complexity index is 5220. The number of benzene rings is 1. The highest BCUT2D eigenvalue weighted by molar-refractivity contribution is 8.00. The number of halogens is 6. The van der Waals surface area contributed by atoms with Crippen LogP contribution in [0.2, 0.25) is 30.4 Å². The number of nitrogen functional groups attached to an aromatic ring is 7. The molecular formula is C96H122Cl6N26S5. The summed E-state index contributed by atoms with van der Waals surface area (Å²) in [6.07, 6.45) is 50.5. The summed E-state index contributed by atoms with van der Waals surface area (Å²) in [5.74, 6) is 11.0. The zero-order valence-corrected chi connectivity index (χ0v) is 85.0. The van der Waals surface area contributed by atoms with Gasteiger partial charge in [0.15, 0.2) is 29.1 Å². The van der Waals surface area contributed by atoms with Crippen LogP contribution < -0.4 is 64.6 Å². The zero-order valence-electron chi connectivity index (χ0n) is 76.4. The van der Waals surface area contributed by atoms with E-state index in [4.69, 9.17) is 110 Å². The number of nitrogens with zero attached hydrogens (tertiary/aromatic N) is 19. The maximum Gasteiger partial charge on any atom is 0.158 e. The molecule has 708 valence electrons. The van der Waals surface area contributed by atoms with Crippen molar-refractivity contribution >= 4 is 198 Å². The van der Waals surface area contributed by atoms with Crippen molar-refractivity contribution in [2.75, 3.05) is 130 Å². The first-order chi connectivity index (χ1) is 64.1. The van der Waals surface area contributed by atoms with Gasteiger partial charge in [-0.1, -0.05) is 233 Å². The van der Waals surface area contributed by atoms with Gasteiger partial charge in [0, 0.05) is 116 Å². The van der Waals surface area contributed by atoms with Gasteiger partial charge in [0.25, 0.3) is 0 Å². The van der Waals surface area contributed by atoms with Crippen LogP contribution in [-0.2, 0) is 0 Å². The van der Waals surface area contributed by atoms with Crippen LogP contribution >= 0.6 is 128 Å². The molecule has 5 saturated heterocycles. The van der Waals surface area contributed by atoms with Gasteiger partial charge in [-0.3, -0.25) is 4.98 Å². The Morgan fingerprint density at radius 3 is 0.872 bits per heavy atom. The van der Waals surface area contributed by atoms with E-state index in [1.54, 1.807) is 49.2 Å². The molecule has 1 aromatic carbocycles.